The standard InChI is InChI=1S/C19H28ClN3O4S/c1-6-22(7-2)19(4,5)12-21-17(24)15-9-8-14(10-16(15)20)23-18(25)13(3)11-28(23,26)27/h8-10,13H,6-7,11-12H2,1-5H3,(H,21,24). The molecule has 2 rings (SSSR count). The summed E-state index contributed by atoms with van der Waals surface area (Å²) in [5, 5.41) is 2.98. The van der Waals surface area contributed by atoms with E-state index < -0.39 is 21.8 Å². The van der Waals surface area contributed by atoms with Gasteiger partial charge in [-0.05, 0) is 45.1 Å². The molecule has 1 atom stereocenters. The first-order valence-electron chi connectivity index (χ1n) is 9.34. The maximum Gasteiger partial charge on any atom is 0.252 e. The van der Waals surface area contributed by atoms with E-state index in [-0.39, 0.29) is 33.5 Å². The van der Waals surface area contributed by atoms with Crippen LogP contribution in [0.1, 0.15) is 45.0 Å². The summed E-state index contributed by atoms with van der Waals surface area (Å²) in [6, 6.07) is 4.23. The Morgan fingerprint density at radius 2 is 1.93 bits per heavy atom. The highest BCUT2D eigenvalue weighted by Crippen LogP contribution is 2.31. The van der Waals surface area contributed by atoms with Gasteiger partial charge in [0.25, 0.3) is 5.91 Å². The van der Waals surface area contributed by atoms with Crippen molar-refractivity contribution in [3.8, 4) is 0 Å². The van der Waals surface area contributed by atoms with Crippen LogP contribution in [0, 0.1) is 5.92 Å². The number of anilines is 1. The summed E-state index contributed by atoms with van der Waals surface area (Å²) in [6.45, 7) is 12.0. The van der Waals surface area contributed by atoms with E-state index in [1.807, 2.05) is 0 Å². The highest BCUT2D eigenvalue weighted by molar-refractivity contribution is 7.94. The average Bonchev–Trinajstić information content (AvgIpc) is 2.80. The van der Waals surface area contributed by atoms with Crippen LogP contribution in [-0.2, 0) is 14.8 Å². The number of benzene rings is 1. The third-order valence-electron chi connectivity index (χ3n) is 5.09. The van der Waals surface area contributed by atoms with Gasteiger partial charge in [-0.15, -0.1) is 0 Å². The molecule has 0 saturated carbocycles. The number of rotatable bonds is 7. The van der Waals surface area contributed by atoms with E-state index in [0.717, 1.165) is 17.4 Å². The van der Waals surface area contributed by atoms with Crippen LogP contribution < -0.4 is 9.62 Å². The van der Waals surface area contributed by atoms with Gasteiger partial charge in [0.2, 0.25) is 15.9 Å². The third kappa shape index (κ3) is 4.50. The second-order valence-electron chi connectivity index (χ2n) is 7.61. The minimum absolute atomic E-state index is 0.0956. The number of halogens is 1. The minimum atomic E-state index is -3.71. The highest BCUT2D eigenvalue weighted by Gasteiger charge is 2.42. The zero-order chi connectivity index (χ0) is 21.3. The molecule has 1 aromatic carbocycles. The zero-order valence-corrected chi connectivity index (χ0v) is 18.5. The molecule has 9 heteroatoms. The van der Waals surface area contributed by atoms with E-state index in [1.54, 1.807) is 6.92 Å². The van der Waals surface area contributed by atoms with Crippen molar-refractivity contribution in [3.63, 3.8) is 0 Å². The van der Waals surface area contributed by atoms with Gasteiger partial charge in [-0.1, -0.05) is 32.4 Å². The average molecular weight is 430 g/mol. The van der Waals surface area contributed by atoms with Crippen molar-refractivity contribution in [1.29, 1.82) is 0 Å². The number of likely N-dealkylation sites (N-methyl/N-ethyl adjacent to an activating group) is 1. The van der Waals surface area contributed by atoms with Crippen molar-refractivity contribution < 1.29 is 18.0 Å². The zero-order valence-electron chi connectivity index (χ0n) is 17.0. The smallest absolute Gasteiger partial charge is 0.252 e. The van der Waals surface area contributed by atoms with Crippen molar-refractivity contribution in [2.75, 3.05) is 29.7 Å². The van der Waals surface area contributed by atoms with Crippen LogP contribution in [0.3, 0.4) is 0 Å². The lowest BCUT2D eigenvalue weighted by Crippen LogP contribution is -2.51. The van der Waals surface area contributed by atoms with Gasteiger partial charge < -0.3 is 5.32 Å². The van der Waals surface area contributed by atoms with Crippen molar-refractivity contribution >= 4 is 39.1 Å². The third-order valence-corrected chi connectivity index (χ3v) is 7.27. The van der Waals surface area contributed by atoms with Crippen LogP contribution in [-0.4, -0.2) is 56.1 Å². The van der Waals surface area contributed by atoms with Crippen LogP contribution in [0.4, 0.5) is 5.69 Å². The quantitative estimate of drug-likeness (QED) is 0.719. The van der Waals surface area contributed by atoms with Crippen molar-refractivity contribution in [1.82, 2.24) is 10.2 Å². The van der Waals surface area contributed by atoms with Crippen molar-refractivity contribution in [2.24, 2.45) is 5.92 Å². The Morgan fingerprint density at radius 3 is 2.39 bits per heavy atom. The van der Waals surface area contributed by atoms with Gasteiger partial charge in [-0.3, -0.25) is 14.5 Å². The van der Waals surface area contributed by atoms with E-state index in [2.05, 4.69) is 37.9 Å². The molecule has 28 heavy (non-hydrogen) atoms. The van der Waals surface area contributed by atoms with Gasteiger partial charge in [0.05, 0.1) is 27.9 Å². The summed E-state index contributed by atoms with van der Waals surface area (Å²) in [4.78, 5) is 27.0. The van der Waals surface area contributed by atoms with E-state index >= 15 is 0 Å². The molecule has 1 saturated heterocycles. The van der Waals surface area contributed by atoms with E-state index in [1.165, 1.54) is 18.2 Å². The van der Waals surface area contributed by atoms with Gasteiger partial charge >= 0.3 is 0 Å². The minimum Gasteiger partial charge on any atom is -0.350 e. The van der Waals surface area contributed by atoms with Crippen LogP contribution >= 0.6 is 11.6 Å². The van der Waals surface area contributed by atoms with Gasteiger partial charge in [0.15, 0.2) is 0 Å². The number of sulfonamides is 1. The molecule has 156 valence electrons. The molecule has 1 aliphatic heterocycles. The first-order chi connectivity index (χ1) is 12.9. The number of hydrogen-bond acceptors (Lipinski definition) is 5. The van der Waals surface area contributed by atoms with Crippen molar-refractivity contribution in [3.05, 3.63) is 28.8 Å². The fourth-order valence-corrected chi connectivity index (χ4v) is 5.56. The van der Waals surface area contributed by atoms with Crippen LogP contribution in [0.5, 0.6) is 0 Å². The Kier molecular flexibility index (Phi) is 6.78. The number of hydrogen-bond donors (Lipinski definition) is 1. The lowest BCUT2D eigenvalue weighted by molar-refractivity contribution is -0.119. The van der Waals surface area contributed by atoms with Gasteiger partial charge in [0.1, 0.15) is 0 Å². The Labute approximate surface area is 172 Å². The molecule has 0 radical (unpaired) electrons. The van der Waals surface area contributed by atoms with E-state index in [4.69, 9.17) is 11.6 Å². The summed E-state index contributed by atoms with van der Waals surface area (Å²) >= 11 is 6.24. The molecule has 1 N–H and O–H groups in total. The number of nitrogens with zero attached hydrogens (tertiary/aromatic N) is 2. The highest BCUT2D eigenvalue weighted by atomic mass is 35.5. The molecule has 1 heterocycles. The Hall–Kier alpha value is -1.64. The van der Waals surface area contributed by atoms with Gasteiger partial charge in [-0.25, -0.2) is 12.7 Å². The number of carbonyl (C=O) groups excluding carboxylic acids is 2. The topological polar surface area (TPSA) is 86.8 Å². The molecule has 1 aromatic rings. The summed E-state index contributed by atoms with van der Waals surface area (Å²) in [5.41, 5.74) is 0.162. The predicted molar refractivity (Wildman–Crippen MR) is 111 cm³/mol. The predicted octanol–water partition coefficient (Wildman–Crippen LogP) is 2.50. The Morgan fingerprint density at radius 1 is 1.32 bits per heavy atom. The van der Waals surface area contributed by atoms with Gasteiger partial charge in [-0.2, -0.15) is 0 Å². The molecule has 2 amide bonds. The monoisotopic (exact) mass is 429 g/mol. The van der Waals surface area contributed by atoms with E-state index in [9.17, 15) is 18.0 Å². The van der Waals surface area contributed by atoms with Crippen LogP contribution in [0.15, 0.2) is 18.2 Å². The van der Waals surface area contributed by atoms with Crippen LogP contribution in [0.25, 0.3) is 0 Å². The second-order valence-corrected chi connectivity index (χ2v) is 9.88. The Bertz CT molecular complexity index is 866. The summed E-state index contributed by atoms with van der Waals surface area (Å²) in [6.07, 6.45) is 0. The first kappa shape index (κ1) is 22.6. The first-order valence-corrected chi connectivity index (χ1v) is 11.3. The maximum atomic E-state index is 12.6. The summed E-state index contributed by atoms with van der Waals surface area (Å²) < 4.78 is 25.2. The molecule has 1 unspecified atom stereocenters. The largest absolute Gasteiger partial charge is 0.350 e. The molecule has 7 nitrogen and oxygen atoms in total. The lowest BCUT2D eigenvalue weighted by Gasteiger charge is -2.37. The molecule has 1 fully saturated rings. The fourth-order valence-electron chi connectivity index (χ4n) is 3.48. The summed E-state index contributed by atoms with van der Waals surface area (Å²) in [5.74, 6) is -1.67. The number of nitrogens with one attached hydrogen (secondary N) is 1. The molecule has 0 spiro atoms. The molecule has 1 aliphatic rings. The molecular formula is C19H28ClN3O4S. The normalized spacial score (nSPS) is 19.3. The van der Waals surface area contributed by atoms with Gasteiger partial charge in [0, 0.05) is 12.1 Å². The number of amides is 2. The molecule has 0 aliphatic carbocycles. The summed E-state index contributed by atoms with van der Waals surface area (Å²) in [7, 11) is -3.71. The molecular weight excluding hydrogens is 402 g/mol. The maximum absolute atomic E-state index is 12.6. The lowest BCUT2D eigenvalue weighted by atomic mass is 10.0. The second kappa shape index (κ2) is 8.39. The Balaban J connectivity index is 2.19. The molecule has 0 aromatic heterocycles. The van der Waals surface area contributed by atoms with Crippen LogP contribution in [0.2, 0.25) is 5.02 Å². The number of carbonyl (C=O) groups is 2. The fraction of sp³-hybridized carbons (Fsp3) is 0.579. The van der Waals surface area contributed by atoms with Crippen molar-refractivity contribution in [2.45, 2.75) is 40.2 Å². The van der Waals surface area contributed by atoms with E-state index in [0.29, 0.717) is 6.54 Å². The SMILES string of the molecule is CCN(CC)C(C)(C)CNC(=O)c1ccc(N2C(=O)C(C)CS2(=O)=O)cc1Cl. The molecule has 0 bridgehead atoms.